The molecule has 4 amide bonds. The van der Waals surface area contributed by atoms with Gasteiger partial charge in [0.1, 0.15) is 17.6 Å². The third-order valence-electron chi connectivity index (χ3n) is 5.89. The molecular weight excluding hydrogens is 467 g/mol. The molecule has 2 atom stereocenters. The lowest BCUT2D eigenvalue weighted by atomic mass is 10.1. The average Bonchev–Trinajstić information content (AvgIpc) is 3.21. The van der Waals surface area contributed by atoms with Gasteiger partial charge in [-0.3, -0.25) is 19.8 Å². The average molecular weight is 491 g/mol. The first-order chi connectivity index (χ1) is 16.5. The number of alkyl halides is 3. The number of fused-ring (bicyclic) bond motifs is 4. The molecule has 0 saturated carbocycles. The molecule has 13 heteroatoms. The van der Waals surface area contributed by atoms with Crippen LogP contribution in [0, 0.1) is 0 Å². The fourth-order valence-corrected chi connectivity index (χ4v) is 4.01. The van der Waals surface area contributed by atoms with Gasteiger partial charge in [-0.25, -0.2) is 14.8 Å². The quantitative estimate of drug-likeness (QED) is 0.680. The van der Waals surface area contributed by atoms with Crippen molar-refractivity contribution in [2.75, 3.05) is 42.3 Å². The van der Waals surface area contributed by atoms with E-state index in [1.54, 1.807) is 20.2 Å². The summed E-state index contributed by atoms with van der Waals surface area (Å²) in [5.74, 6) is -0.938. The number of aromatic nitrogens is 2. The van der Waals surface area contributed by atoms with Crippen molar-refractivity contribution in [2.45, 2.75) is 31.6 Å². The molecule has 1 unspecified atom stereocenters. The molecule has 4 rings (SSSR count). The summed E-state index contributed by atoms with van der Waals surface area (Å²) in [5, 5.41) is 4.55. The summed E-state index contributed by atoms with van der Waals surface area (Å²) < 4.78 is 38.6. The van der Waals surface area contributed by atoms with Crippen molar-refractivity contribution in [3.63, 3.8) is 0 Å². The van der Waals surface area contributed by atoms with Crippen molar-refractivity contribution in [2.24, 2.45) is 0 Å². The van der Waals surface area contributed by atoms with Crippen LogP contribution in [0.2, 0.25) is 0 Å². The van der Waals surface area contributed by atoms with Crippen molar-refractivity contribution in [1.82, 2.24) is 20.2 Å². The summed E-state index contributed by atoms with van der Waals surface area (Å²) in [5.41, 5.74) is 0.693. The normalized spacial score (nSPS) is 17.5. The Bertz CT molecular complexity index is 1170. The van der Waals surface area contributed by atoms with E-state index >= 15 is 0 Å². The first kappa shape index (κ1) is 24.2. The zero-order valence-corrected chi connectivity index (χ0v) is 19.3. The van der Waals surface area contributed by atoms with E-state index in [1.165, 1.54) is 34.2 Å². The fourth-order valence-electron chi connectivity index (χ4n) is 4.01. The van der Waals surface area contributed by atoms with Crippen LogP contribution in [-0.2, 0) is 0 Å². The Balaban J connectivity index is 1.61. The van der Waals surface area contributed by atoms with Crippen LogP contribution in [-0.4, -0.2) is 78.2 Å². The molecule has 2 bridgehead atoms. The highest BCUT2D eigenvalue weighted by atomic mass is 19.4. The highest BCUT2D eigenvalue weighted by molar-refractivity contribution is 6.05. The molecule has 0 aliphatic carbocycles. The summed E-state index contributed by atoms with van der Waals surface area (Å²) in [4.78, 5) is 51.1. The van der Waals surface area contributed by atoms with Crippen molar-refractivity contribution in [1.29, 1.82) is 0 Å². The maximum Gasteiger partial charge on any atom is 0.408 e. The third-order valence-corrected chi connectivity index (χ3v) is 5.89. The van der Waals surface area contributed by atoms with Gasteiger partial charge in [0, 0.05) is 38.9 Å². The number of hydrogen-bond acceptors (Lipinski definition) is 6. The smallest absolute Gasteiger partial charge is 0.366 e. The number of pyridine rings is 2. The second-order valence-corrected chi connectivity index (χ2v) is 8.59. The molecule has 1 fully saturated rings. The maximum absolute atomic E-state index is 13.3. The number of carbonyl (C=O) groups excluding carboxylic acids is 3. The molecule has 35 heavy (non-hydrogen) atoms. The second kappa shape index (κ2) is 9.04. The minimum atomic E-state index is -4.60. The van der Waals surface area contributed by atoms with Gasteiger partial charge in [-0.1, -0.05) is 0 Å². The van der Waals surface area contributed by atoms with E-state index < -0.39 is 24.2 Å². The minimum Gasteiger partial charge on any atom is -0.366 e. The van der Waals surface area contributed by atoms with Gasteiger partial charge in [-0.2, -0.15) is 13.2 Å². The van der Waals surface area contributed by atoms with E-state index in [0.717, 1.165) is 6.92 Å². The zero-order chi connectivity index (χ0) is 25.5. The van der Waals surface area contributed by atoms with E-state index in [2.05, 4.69) is 15.3 Å². The molecule has 0 aromatic carbocycles. The van der Waals surface area contributed by atoms with Crippen LogP contribution in [0.15, 0.2) is 30.5 Å². The lowest BCUT2D eigenvalue weighted by molar-refractivity contribution is -0.149. The van der Waals surface area contributed by atoms with Gasteiger partial charge in [-0.05, 0) is 37.6 Å². The van der Waals surface area contributed by atoms with E-state index in [9.17, 15) is 27.6 Å². The van der Waals surface area contributed by atoms with Crippen molar-refractivity contribution in [3.05, 3.63) is 41.7 Å². The number of rotatable bonds is 4. The molecule has 2 aromatic rings. The fraction of sp³-hybridized carbons (Fsp3) is 0.409. The number of nitrogens with zero attached hydrogens (tertiary/aromatic N) is 5. The van der Waals surface area contributed by atoms with E-state index in [0.29, 0.717) is 30.8 Å². The van der Waals surface area contributed by atoms with Crippen LogP contribution < -0.4 is 20.4 Å². The molecule has 186 valence electrons. The van der Waals surface area contributed by atoms with Gasteiger partial charge >= 0.3 is 12.2 Å². The summed E-state index contributed by atoms with van der Waals surface area (Å²) in [6.45, 7) is 2.04. The predicted octanol–water partition coefficient (Wildman–Crippen LogP) is 2.49. The number of urea groups is 1. The third kappa shape index (κ3) is 4.84. The lowest BCUT2D eigenvalue weighted by Gasteiger charge is -2.35. The largest absolute Gasteiger partial charge is 0.408 e. The number of nitrogens with one attached hydrogen (secondary N) is 2. The molecular formula is C22H24F3N7O3. The number of hydrogen-bond donors (Lipinski definition) is 2. The topological polar surface area (TPSA) is 111 Å². The highest BCUT2D eigenvalue weighted by Crippen LogP contribution is 2.39. The molecule has 2 N–H and O–H groups in total. The number of amides is 4. The molecule has 2 aromatic heterocycles. The van der Waals surface area contributed by atoms with E-state index in [1.807, 2.05) is 10.2 Å². The first-order valence-corrected chi connectivity index (χ1v) is 10.9. The number of anilines is 3. The van der Waals surface area contributed by atoms with Crippen LogP contribution in [0.1, 0.15) is 34.2 Å². The van der Waals surface area contributed by atoms with Crippen molar-refractivity contribution < 1.29 is 27.6 Å². The molecule has 0 spiro atoms. The molecule has 1 saturated heterocycles. The SMILES string of the molecule is C[C@@H](NC(=O)c1ccc2c(n1)N(C(=O)Nc1cc(C(=O)N(C)C)ccn1)C1CCN2C1)C(F)(F)F. The Morgan fingerprint density at radius 1 is 1.20 bits per heavy atom. The Morgan fingerprint density at radius 2 is 1.94 bits per heavy atom. The molecule has 2 aliphatic heterocycles. The highest BCUT2D eigenvalue weighted by Gasteiger charge is 2.41. The first-order valence-electron chi connectivity index (χ1n) is 10.9. The van der Waals surface area contributed by atoms with Gasteiger partial charge < -0.3 is 15.1 Å². The van der Waals surface area contributed by atoms with Crippen LogP contribution in [0.3, 0.4) is 0 Å². The van der Waals surface area contributed by atoms with Crippen LogP contribution in [0.5, 0.6) is 0 Å². The maximum atomic E-state index is 13.3. The monoisotopic (exact) mass is 491 g/mol. The Labute approximate surface area is 199 Å². The summed E-state index contributed by atoms with van der Waals surface area (Å²) in [6, 6.07) is 2.99. The Hall–Kier alpha value is -3.90. The van der Waals surface area contributed by atoms with E-state index in [-0.39, 0.29) is 29.3 Å². The van der Waals surface area contributed by atoms with Crippen LogP contribution in [0.25, 0.3) is 0 Å². The van der Waals surface area contributed by atoms with Gasteiger partial charge in [-0.15, -0.1) is 0 Å². The van der Waals surface area contributed by atoms with E-state index in [4.69, 9.17) is 0 Å². The minimum absolute atomic E-state index is 0.151. The summed E-state index contributed by atoms with van der Waals surface area (Å²) in [7, 11) is 3.21. The standard InChI is InChI=1S/C22H24F3N7O3/c1-12(22(23,24)25)27-19(33)15-4-5-16-18(28-15)32(14-7-9-31(16)11-14)21(35)29-17-10-13(6-8-26-17)20(34)30(2)3/h4-6,8,10,12,14H,7,9,11H2,1-3H3,(H,27,33)(H,26,29,35)/t12-,14?/m1/s1. The molecule has 0 radical (unpaired) electrons. The van der Waals surface area contributed by atoms with Crippen molar-refractivity contribution in [3.8, 4) is 0 Å². The van der Waals surface area contributed by atoms with Crippen molar-refractivity contribution >= 4 is 35.2 Å². The zero-order valence-electron chi connectivity index (χ0n) is 19.3. The van der Waals surface area contributed by atoms with Gasteiger partial charge in [0.05, 0.1) is 11.7 Å². The Kier molecular flexibility index (Phi) is 6.26. The van der Waals surface area contributed by atoms with Gasteiger partial charge in [0.25, 0.3) is 11.8 Å². The predicted molar refractivity (Wildman–Crippen MR) is 122 cm³/mol. The summed E-state index contributed by atoms with van der Waals surface area (Å²) in [6.07, 6.45) is -2.56. The summed E-state index contributed by atoms with van der Waals surface area (Å²) >= 11 is 0. The van der Waals surface area contributed by atoms with Crippen LogP contribution in [0.4, 0.5) is 35.3 Å². The molecule has 10 nitrogen and oxygen atoms in total. The Morgan fingerprint density at radius 3 is 2.63 bits per heavy atom. The second-order valence-electron chi connectivity index (χ2n) is 8.59. The van der Waals surface area contributed by atoms with Gasteiger partial charge in [0.15, 0.2) is 5.82 Å². The molecule has 4 heterocycles. The van der Waals surface area contributed by atoms with Gasteiger partial charge in [0.2, 0.25) is 0 Å². The number of carbonyl (C=O) groups is 3. The molecule has 2 aliphatic rings. The lowest BCUT2D eigenvalue weighted by Crippen LogP contribution is -2.49. The number of halogens is 3. The van der Waals surface area contributed by atoms with Crippen LogP contribution >= 0.6 is 0 Å².